The molecule has 1 fully saturated rings. The summed E-state index contributed by atoms with van der Waals surface area (Å²) in [6.45, 7) is 2.71. The Kier molecular flexibility index (Phi) is 3.36. The van der Waals surface area contributed by atoms with Crippen molar-refractivity contribution in [3.63, 3.8) is 0 Å². The molecule has 1 aromatic heterocycles. The quantitative estimate of drug-likeness (QED) is 0.869. The van der Waals surface area contributed by atoms with E-state index in [1.165, 1.54) is 11.3 Å². The summed E-state index contributed by atoms with van der Waals surface area (Å²) >= 11 is 7.35. The molecule has 2 heterocycles. The van der Waals surface area contributed by atoms with Crippen molar-refractivity contribution < 1.29 is 9.84 Å². The smallest absolute Gasteiger partial charge is 0.103 e. The van der Waals surface area contributed by atoms with Crippen LogP contribution < -0.4 is 0 Å². The molecule has 1 aliphatic heterocycles. The van der Waals surface area contributed by atoms with E-state index in [1.54, 1.807) is 0 Å². The highest BCUT2D eigenvalue weighted by molar-refractivity contribution is 7.16. The van der Waals surface area contributed by atoms with Gasteiger partial charge in [0.1, 0.15) is 5.60 Å². The third kappa shape index (κ3) is 2.36. The van der Waals surface area contributed by atoms with Crippen LogP contribution in [-0.4, -0.2) is 17.8 Å². The van der Waals surface area contributed by atoms with Crippen molar-refractivity contribution >= 4 is 22.9 Å². The zero-order chi connectivity index (χ0) is 10.9. The van der Waals surface area contributed by atoms with Gasteiger partial charge in [0, 0.05) is 17.7 Å². The molecular weight excluding hydrogens is 232 g/mol. The summed E-state index contributed by atoms with van der Waals surface area (Å²) in [5.41, 5.74) is -0.725. The summed E-state index contributed by atoms with van der Waals surface area (Å²) in [5, 5.41) is 10.5. The number of hydrogen-bond donors (Lipinski definition) is 1. The lowest BCUT2D eigenvalue weighted by Gasteiger charge is -2.35. The largest absolute Gasteiger partial charge is 0.384 e. The Morgan fingerprint density at radius 1 is 1.67 bits per heavy atom. The third-order valence-corrected chi connectivity index (χ3v) is 4.35. The number of thiophene rings is 1. The summed E-state index contributed by atoms with van der Waals surface area (Å²) in [5.74, 6) is 0. The second-order valence-corrected chi connectivity index (χ2v) is 5.71. The maximum Gasteiger partial charge on any atom is 0.103 e. The van der Waals surface area contributed by atoms with E-state index in [4.69, 9.17) is 16.3 Å². The van der Waals surface area contributed by atoms with E-state index in [1.807, 2.05) is 12.1 Å². The van der Waals surface area contributed by atoms with Crippen LogP contribution in [0.4, 0.5) is 0 Å². The van der Waals surface area contributed by atoms with E-state index in [0.717, 1.165) is 15.6 Å². The second-order valence-electron chi connectivity index (χ2n) is 3.99. The van der Waals surface area contributed by atoms with Gasteiger partial charge in [0.15, 0.2) is 0 Å². The first-order valence-corrected chi connectivity index (χ1v) is 6.43. The van der Waals surface area contributed by atoms with Crippen LogP contribution in [0.25, 0.3) is 0 Å². The monoisotopic (exact) mass is 246 g/mol. The van der Waals surface area contributed by atoms with Crippen LogP contribution in [-0.2, 0) is 10.3 Å². The maximum atomic E-state index is 10.5. The molecule has 0 aliphatic carbocycles. The minimum absolute atomic E-state index is 0.171. The topological polar surface area (TPSA) is 29.5 Å². The van der Waals surface area contributed by atoms with Crippen LogP contribution in [0, 0.1) is 0 Å². The summed E-state index contributed by atoms with van der Waals surface area (Å²) in [7, 11) is 0. The van der Waals surface area contributed by atoms with Crippen molar-refractivity contribution in [2.45, 2.75) is 37.9 Å². The molecule has 2 atom stereocenters. The molecule has 1 saturated heterocycles. The number of rotatable bonds is 2. The van der Waals surface area contributed by atoms with Crippen molar-refractivity contribution in [3.8, 4) is 0 Å². The highest BCUT2D eigenvalue weighted by Crippen LogP contribution is 2.39. The van der Waals surface area contributed by atoms with Gasteiger partial charge >= 0.3 is 0 Å². The van der Waals surface area contributed by atoms with Gasteiger partial charge in [0.25, 0.3) is 0 Å². The number of halogens is 1. The Bertz CT molecular complexity index is 339. The summed E-state index contributed by atoms with van der Waals surface area (Å²) < 4.78 is 6.30. The van der Waals surface area contributed by atoms with Gasteiger partial charge in [-0.15, -0.1) is 11.3 Å². The molecule has 2 nitrogen and oxygen atoms in total. The molecule has 4 heteroatoms. The lowest BCUT2D eigenvalue weighted by Crippen LogP contribution is -2.37. The van der Waals surface area contributed by atoms with Crippen molar-refractivity contribution in [1.29, 1.82) is 0 Å². The molecule has 0 amide bonds. The Balaban J connectivity index is 2.18. The molecule has 2 rings (SSSR count). The molecule has 0 radical (unpaired) electrons. The van der Waals surface area contributed by atoms with Crippen molar-refractivity contribution in [1.82, 2.24) is 0 Å². The molecule has 1 aromatic rings. The lowest BCUT2D eigenvalue weighted by atomic mass is 9.88. The van der Waals surface area contributed by atoms with Gasteiger partial charge in [0.2, 0.25) is 0 Å². The van der Waals surface area contributed by atoms with Gasteiger partial charge in [-0.2, -0.15) is 0 Å². The van der Waals surface area contributed by atoms with Crippen LogP contribution in [0.5, 0.6) is 0 Å². The Hall–Kier alpha value is -0.0900. The summed E-state index contributed by atoms with van der Waals surface area (Å²) in [6.07, 6.45) is 2.46. The number of hydrogen-bond acceptors (Lipinski definition) is 3. The highest BCUT2D eigenvalue weighted by atomic mass is 35.5. The third-order valence-electron chi connectivity index (χ3n) is 2.92. The van der Waals surface area contributed by atoms with Crippen molar-refractivity contribution in [2.24, 2.45) is 0 Å². The van der Waals surface area contributed by atoms with Gasteiger partial charge in [-0.25, -0.2) is 0 Å². The maximum absolute atomic E-state index is 10.5. The Morgan fingerprint density at radius 2 is 2.47 bits per heavy atom. The van der Waals surface area contributed by atoms with E-state index in [0.29, 0.717) is 19.4 Å². The molecule has 0 saturated carbocycles. The predicted octanol–water partition coefficient (Wildman–Crippen LogP) is 3.18. The SMILES string of the molecule is CCC1CC(O)(c2ccc(Cl)s2)CCO1. The molecule has 0 bridgehead atoms. The molecule has 1 aliphatic rings. The molecule has 15 heavy (non-hydrogen) atoms. The summed E-state index contributed by atoms with van der Waals surface area (Å²) in [6, 6.07) is 3.76. The first-order chi connectivity index (χ1) is 7.14. The number of ether oxygens (including phenoxy) is 1. The van der Waals surface area contributed by atoms with Gasteiger partial charge < -0.3 is 9.84 Å². The zero-order valence-electron chi connectivity index (χ0n) is 8.70. The van der Waals surface area contributed by atoms with Crippen LogP contribution in [0.3, 0.4) is 0 Å². The first kappa shape index (κ1) is 11.4. The summed E-state index contributed by atoms with van der Waals surface area (Å²) in [4.78, 5) is 0.967. The van der Waals surface area contributed by atoms with Gasteiger partial charge in [-0.1, -0.05) is 18.5 Å². The highest BCUT2D eigenvalue weighted by Gasteiger charge is 2.37. The molecule has 2 unspecified atom stereocenters. The van der Waals surface area contributed by atoms with E-state index in [9.17, 15) is 5.11 Å². The molecular formula is C11H15ClO2S. The molecule has 84 valence electrons. The Labute approximate surface area is 98.8 Å². The van der Waals surface area contributed by atoms with Gasteiger partial charge in [-0.05, 0) is 18.6 Å². The molecule has 0 aromatic carbocycles. The fourth-order valence-electron chi connectivity index (χ4n) is 1.98. The van der Waals surface area contributed by atoms with E-state index >= 15 is 0 Å². The fraction of sp³-hybridized carbons (Fsp3) is 0.636. The molecule has 1 N–H and O–H groups in total. The number of aliphatic hydroxyl groups is 1. The van der Waals surface area contributed by atoms with Gasteiger partial charge in [-0.3, -0.25) is 0 Å². The van der Waals surface area contributed by atoms with Crippen LogP contribution in [0.15, 0.2) is 12.1 Å². The van der Waals surface area contributed by atoms with E-state index in [-0.39, 0.29) is 6.10 Å². The first-order valence-electron chi connectivity index (χ1n) is 5.24. The average Bonchev–Trinajstić information content (AvgIpc) is 2.65. The average molecular weight is 247 g/mol. The van der Waals surface area contributed by atoms with Crippen LogP contribution >= 0.6 is 22.9 Å². The normalized spacial score (nSPS) is 31.8. The predicted molar refractivity (Wildman–Crippen MR) is 62.5 cm³/mol. The van der Waals surface area contributed by atoms with Crippen molar-refractivity contribution in [2.75, 3.05) is 6.61 Å². The van der Waals surface area contributed by atoms with Crippen LogP contribution in [0.2, 0.25) is 4.34 Å². The van der Waals surface area contributed by atoms with E-state index < -0.39 is 5.60 Å². The molecule has 0 spiro atoms. The lowest BCUT2D eigenvalue weighted by molar-refractivity contribution is -0.106. The standard InChI is InChI=1S/C11H15ClO2S/c1-2-8-7-11(13,5-6-14-8)9-3-4-10(12)15-9/h3-4,8,13H,2,5-7H2,1H3. The second kappa shape index (κ2) is 4.42. The Morgan fingerprint density at radius 3 is 3.07 bits per heavy atom. The fourth-order valence-corrected chi connectivity index (χ4v) is 3.15. The van der Waals surface area contributed by atoms with Crippen LogP contribution in [0.1, 0.15) is 31.1 Å². The van der Waals surface area contributed by atoms with Crippen molar-refractivity contribution in [3.05, 3.63) is 21.3 Å². The minimum Gasteiger partial charge on any atom is -0.384 e. The van der Waals surface area contributed by atoms with Gasteiger partial charge in [0.05, 0.1) is 17.0 Å². The zero-order valence-corrected chi connectivity index (χ0v) is 10.3. The minimum atomic E-state index is -0.725. The van der Waals surface area contributed by atoms with E-state index in [2.05, 4.69) is 6.92 Å².